The van der Waals surface area contributed by atoms with E-state index in [4.69, 9.17) is 5.73 Å². The summed E-state index contributed by atoms with van der Waals surface area (Å²) in [5, 5.41) is 3.23. The van der Waals surface area contributed by atoms with Crippen LogP contribution in [0.2, 0.25) is 0 Å². The molecule has 0 saturated carbocycles. The predicted octanol–water partition coefficient (Wildman–Crippen LogP) is 2.72. The number of pyridine rings is 1. The Labute approximate surface area is 89.0 Å². The molecule has 3 nitrogen and oxygen atoms in total. The van der Waals surface area contributed by atoms with Gasteiger partial charge in [-0.25, -0.2) is 0 Å². The van der Waals surface area contributed by atoms with Crippen LogP contribution in [0.4, 0.5) is 17.1 Å². The van der Waals surface area contributed by atoms with E-state index in [-0.39, 0.29) is 0 Å². The number of nitrogens with zero attached hydrogens (tertiary/aromatic N) is 1. The summed E-state index contributed by atoms with van der Waals surface area (Å²) in [7, 11) is 0. The number of nitrogens with one attached hydrogen (secondary N) is 1. The van der Waals surface area contributed by atoms with Crippen molar-refractivity contribution >= 4 is 17.1 Å². The van der Waals surface area contributed by atoms with Gasteiger partial charge in [-0.05, 0) is 36.8 Å². The molecule has 0 radical (unpaired) electrons. The minimum atomic E-state index is 0.756. The molecule has 1 aromatic carbocycles. The van der Waals surface area contributed by atoms with Gasteiger partial charge in [0.2, 0.25) is 0 Å². The molecule has 76 valence electrons. The van der Waals surface area contributed by atoms with E-state index in [1.807, 2.05) is 37.3 Å². The zero-order valence-electron chi connectivity index (χ0n) is 8.57. The van der Waals surface area contributed by atoms with Crippen LogP contribution in [0.1, 0.15) is 5.56 Å². The second-order valence-electron chi connectivity index (χ2n) is 3.45. The van der Waals surface area contributed by atoms with E-state index in [9.17, 15) is 0 Å². The van der Waals surface area contributed by atoms with E-state index in [1.165, 1.54) is 0 Å². The van der Waals surface area contributed by atoms with Crippen molar-refractivity contribution in [1.82, 2.24) is 4.98 Å². The van der Waals surface area contributed by atoms with E-state index in [2.05, 4.69) is 10.3 Å². The Hall–Kier alpha value is -2.03. The Morgan fingerprint density at radius 2 is 1.87 bits per heavy atom. The molecule has 0 saturated heterocycles. The first-order valence-electron chi connectivity index (χ1n) is 4.79. The number of anilines is 3. The highest BCUT2D eigenvalue weighted by Gasteiger charge is 1.98. The fourth-order valence-corrected chi connectivity index (χ4v) is 1.39. The van der Waals surface area contributed by atoms with Crippen molar-refractivity contribution in [3.8, 4) is 0 Å². The van der Waals surface area contributed by atoms with E-state index in [0.717, 1.165) is 22.6 Å². The maximum Gasteiger partial charge on any atom is 0.0618 e. The Balaban J connectivity index is 2.25. The Morgan fingerprint density at radius 3 is 2.53 bits per heavy atom. The van der Waals surface area contributed by atoms with E-state index in [0.29, 0.717) is 0 Å². The molecule has 0 spiro atoms. The molecule has 0 amide bonds. The Kier molecular flexibility index (Phi) is 2.54. The third-order valence-electron chi connectivity index (χ3n) is 2.17. The molecule has 0 aliphatic rings. The monoisotopic (exact) mass is 199 g/mol. The number of nitrogens with two attached hydrogens (primary N) is 1. The maximum atomic E-state index is 5.89. The summed E-state index contributed by atoms with van der Waals surface area (Å²) in [6.07, 6.45) is 3.49. The molecule has 1 aromatic heterocycles. The fraction of sp³-hybridized carbons (Fsp3) is 0.0833. The highest BCUT2D eigenvalue weighted by molar-refractivity contribution is 5.72. The molecule has 2 rings (SSSR count). The van der Waals surface area contributed by atoms with Crippen molar-refractivity contribution in [2.24, 2.45) is 0 Å². The van der Waals surface area contributed by atoms with Crippen LogP contribution in [0.3, 0.4) is 0 Å². The van der Waals surface area contributed by atoms with Crippen LogP contribution in [-0.4, -0.2) is 4.98 Å². The van der Waals surface area contributed by atoms with Gasteiger partial charge >= 0.3 is 0 Å². The Bertz CT molecular complexity index is 452. The summed E-state index contributed by atoms with van der Waals surface area (Å²) in [6.45, 7) is 2.02. The second-order valence-corrected chi connectivity index (χ2v) is 3.45. The lowest BCUT2D eigenvalue weighted by Crippen LogP contribution is -1.96. The molecule has 0 fully saturated rings. The van der Waals surface area contributed by atoms with Gasteiger partial charge in [0.25, 0.3) is 0 Å². The molecule has 3 N–H and O–H groups in total. The highest BCUT2D eigenvalue weighted by Crippen LogP contribution is 2.23. The van der Waals surface area contributed by atoms with Gasteiger partial charge in [0.05, 0.1) is 11.4 Å². The van der Waals surface area contributed by atoms with Crippen molar-refractivity contribution in [1.29, 1.82) is 0 Å². The molecule has 0 bridgehead atoms. The van der Waals surface area contributed by atoms with Gasteiger partial charge in [-0.15, -0.1) is 0 Å². The van der Waals surface area contributed by atoms with E-state index >= 15 is 0 Å². The molecular weight excluding hydrogens is 186 g/mol. The van der Waals surface area contributed by atoms with Crippen LogP contribution in [0.25, 0.3) is 0 Å². The summed E-state index contributed by atoms with van der Waals surface area (Å²) in [5.41, 5.74) is 9.72. The third kappa shape index (κ3) is 2.26. The van der Waals surface area contributed by atoms with E-state index < -0.39 is 0 Å². The predicted molar refractivity (Wildman–Crippen MR) is 63.1 cm³/mol. The van der Waals surface area contributed by atoms with Gasteiger partial charge in [0.15, 0.2) is 0 Å². The van der Waals surface area contributed by atoms with Gasteiger partial charge in [-0.2, -0.15) is 0 Å². The Morgan fingerprint density at radius 1 is 1.13 bits per heavy atom. The first-order chi connectivity index (χ1) is 7.25. The van der Waals surface area contributed by atoms with Gasteiger partial charge in [-0.1, -0.05) is 6.07 Å². The molecule has 0 unspecified atom stereocenters. The van der Waals surface area contributed by atoms with Crippen LogP contribution >= 0.6 is 0 Å². The van der Waals surface area contributed by atoms with Crippen LogP contribution in [-0.2, 0) is 0 Å². The number of benzene rings is 1. The highest BCUT2D eigenvalue weighted by atomic mass is 14.9. The molecule has 0 aliphatic heterocycles. The summed E-state index contributed by atoms with van der Waals surface area (Å²) in [6, 6.07) is 9.76. The van der Waals surface area contributed by atoms with Crippen molar-refractivity contribution in [2.75, 3.05) is 11.1 Å². The lowest BCUT2D eigenvalue weighted by atomic mass is 10.2. The number of nitrogen functional groups attached to an aromatic ring is 1. The van der Waals surface area contributed by atoms with Gasteiger partial charge < -0.3 is 11.1 Å². The average Bonchev–Trinajstić information content (AvgIpc) is 2.24. The quantitative estimate of drug-likeness (QED) is 0.731. The van der Waals surface area contributed by atoms with Gasteiger partial charge in [0.1, 0.15) is 0 Å². The number of aryl methyl sites for hydroxylation is 1. The van der Waals surface area contributed by atoms with Crippen LogP contribution in [0.15, 0.2) is 42.7 Å². The number of hydrogen-bond donors (Lipinski definition) is 2. The molecule has 0 atom stereocenters. The van der Waals surface area contributed by atoms with Crippen molar-refractivity contribution in [2.45, 2.75) is 6.92 Å². The van der Waals surface area contributed by atoms with Crippen molar-refractivity contribution in [3.63, 3.8) is 0 Å². The average molecular weight is 199 g/mol. The minimum Gasteiger partial charge on any atom is -0.397 e. The summed E-state index contributed by atoms with van der Waals surface area (Å²) in [5.74, 6) is 0. The SMILES string of the molecule is Cc1ccc(Nc2ccncc2)c(N)c1. The van der Waals surface area contributed by atoms with Crippen LogP contribution < -0.4 is 11.1 Å². The number of hydrogen-bond acceptors (Lipinski definition) is 3. The fourth-order valence-electron chi connectivity index (χ4n) is 1.39. The normalized spacial score (nSPS) is 9.93. The maximum absolute atomic E-state index is 5.89. The summed E-state index contributed by atoms with van der Waals surface area (Å²) >= 11 is 0. The summed E-state index contributed by atoms with van der Waals surface area (Å²) < 4.78 is 0. The van der Waals surface area contributed by atoms with Crippen LogP contribution in [0, 0.1) is 6.92 Å². The van der Waals surface area contributed by atoms with E-state index in [1.54, 1.807) is 12.4 Å². The summed E-state index contributed by atoms with van der Waals surface area (Å²) in [4.78, 5) is 3.95. The molecule has 15 heavy (non-hydrogen) atoms. The topological polar surface area (TPSA) is 50.9 Å². The van der Waals surface area contributed by atoms with Crippen molar-refractivity contribution in [3.05, 3.63) is 48.3 Å². The number of rotatable bonds is 2. The molecular formula is C12H13N3. The first-order valence-corrected chi connectivity index (χ1v) is 4.79. The molecule has 2 aromatic rings. The largest absolute Gasteiger partial charge is 0.397 e. The zero-order valence-corrected chi connectivity index (χ0v) is 8.57. The van der Waals surface area contributed by atoms with Gasteiger partial charge in [0, 0.05) is 18.1 Å². The third-order valence-corrected chi connectivity index (χ3v) is 2.17. The van der Waals surface area contributed by atoms with Gasteiger partial charge in [-0.3, -0.25) is 4.98 Å². The lowest BCUT2D eigenvalue weighted by Gasteiger charge is -2.09. The molecule has 1 heterocycles. The zero-order chi connectivity index (χ0) is 10.7. The first kappa shape index (κ1) is 9.52. The minimum absolute atomic E-state index is 0.756. The van der Waals surface area contributed by atoms with Crippen molar-refractivity contribution < 1.29 is 0 Å². The standard InChI is InChI=1S/C12H13N3/c1-9-2-3-12(11(13)8-9)15-10-4-6-14-7-5-10/h2-8H,13H2,1H3,(H,14,15). The molecule has 0 aliphatic carbocycles. The smallest absolute Gasteiger partial charge is 0.0618 e. The second kappa shape index (κ2) is 4.00. The lowest BCUT2D eigenvalue weighted by molar-refractivity contribution is 1.32. The van der Waals surface area contributed by atoms with Crippen LogP contribution in [0.5, 0.6) is 0 Å². The molecule has 3 heteroatoms. The number of aromatic nitrogens is 1.